The van der Waals surface area contributed by atoms with Gasteiger partial charge in [-0.1, -0.05) is 5.16 Å². The summed E-state index contributed by atoms with van der Waals surface area (Å²) in [5, 5.41) is 3.75. The summed E-state index contributed by atoms with van der Waals surface area (Å²) < 4.78 is 5.09. The number of halogens is 1. The standard InChI is InChI=1S/C8H14N4O.ClH/c9-4-7-11-8(13-12-7)5-1-2-6(10)3-5;/h5-6H,1-4,9-10H2;1H. The van der Waals surface area contributed by atoms with Gasteiger partial charge in [0.15, 0.2) is 5.82 Å². The van der Waals surface area contributed by atoms with Gasteiger partial charge in [-0.05, 0) is 19.3 Å². The molecule has 1 heterocycles. The summed E-state index contributed by atoms with van der Waals surface area (Å²) in [5.74, 6) is 1.63. The Hall–Kier alpha value is -0.650. The third-order valence-corrected chi connectivity index (χ3v) is 2.49. The van der Waals surface area contributed by atoms with Crippen molar-refractivity contribution in [2.75, 3.05) is 0 Å². The van der Waals surface area contributed by atoms with Crippen molar-refractivity contribution in [2.45, 2.75) is 37.8 Å². The maximum Gasteiger partial charge on any atom is 0.229 e. The highest BCUT2D eigenvalue weighted by Gasteiger charge is 2.27. The van der Waals surface area contributed by atoms with Gasteiger partial charge in [-0.25, -0.2) is 0 Å². The second-order valence-corrected chi connectivity index (χ2v) is 3.52. The summed E-state index contributed by atoms with van der Waals surface area (Å²) in [7, 11) is 0. The molecule has 1 fully saturated rings. The fourth-order valence-electron chi connectivity index (χ4n) is 1.76. The Kier molecular flexibility index (Phi) is 3.86. The lowest BCUT2D eigenvalue weighted by Gasteiger charge is -2.01. The van der Waals surface area contributed by atoms with Crippen molar-refractivity contribution < 1.29 is 4.52 Å². The summed E-state index contributed by atoms with van der Waals surface area (Å²) >= 11 is 0. The first kappa shape index (κ1) is 11.4. The van der Waals surface area contributed by atoms with Crippen LogP contribution in [-0.4, -0.2) is 16.2 Å². The molecule has 0 amide bonds. The maximum atomic E-state index is 5.79. The second-order valence-electron chi connectivity index (χ2n) is 3.52. The molecule has 14 heavy (non-hydrogen) atoms. The SMILES string of the molecule is Cl.NCc1noc(C2CCC(N)C2)n1. The molecule has 2 unspecified atom stereocenters. The van der Waals surface area contributed by atoms with Crippen molar-refractivity contribution >= 4 is 12.4 Å². The molecule has 0 bridgehead atoms. The van der Waals surface area contributed by atoms with E-state index in [0.29, 0.717) is 30.2 Å². The average molecular weight is 219 g/mol. The van der Waals surface area contributed by atoms with E-state index in [0.717, 1.165) is 19.3 Å². The van der Waals surface area contributed by atoms with E-state index in [-0.39, 0.29) is 12.4 Å². The van der Waals surface area contributed by atoms with Gasteiger partial charge in [0.25, 0.3) is 0 Å². The Labute approximate surface area is 88.6 Å². The van der Waals surface area contributed by atoms with Gasteiger partial charge in [0, 0.05) is 12.0 Å². The fourth-order valence-corrected chi connectivity index (χ4v) is 1.76. The molecule has 1 aliphatic rings. The zero-order valence-corrected chi connectivity index (χ0v) is 8.67. The molecule has 1 aliphatic carbocycles. The molecular weight excluding hydrogens is 204 g/mol. The van der Waals surface area contributed by atoms with Crippen LogP contribution in [-0.2, 0) is 6.54 Å². The molecule has 2 rings (SSSR count). The molecule has 6 heteroatoms. The van der Waals surface area contributed by atoms with Crippen LogP contribution in [0.4, 0.5) is 0 Å². The summed E-state index contributed by atoms with van der Waals surface area (Å²) in [6, 6.07) is 0.290. The molecule has 4 N–H and O–H groups in total. The lowest BCUT2D eigenvalue weighted by molar-refractivity contribution is 0.349. The highest BCUT2D eigenvalue weighted by molar-refractivity contribution is 5.85. The van der Waals surface area contributed by atoms with E-state index in [9.17, 15) is 0 Å². The minimum atomic E-state index is 0. The molecule has 0 radical (unpaired) electrons. The van der Waals surface area contributed by atoms with E-state index in [4.69, 9.17) is 16.0 Å². The Morgan fingerprint density at radius 1 is 1.43 bits per heavy atom. The number of hydrogen-bond donors (Lipinski definition) is 2. The Bertz CT molecular complexity index is 291. The van der Waals surface area contributed by atoms with Crippen molar-refractivity contribution in [3.8, 4) is 0 Å². The van der Waals surface area contributed by atoms with Gasteiger partial charge in [0.05, 0.1) is 6.54 Å². The summed E-state index contributed by atoms with van der Waals surface area (Å²) in [5.41, 5.74) is 11.2. The van der Waals surface area contributed by atoms with Crippen LogP contribution < -0.4 is 11.5 Å². The minimum absolute atomic E-state index is 0. The quantitative estimate of drug-likeness (QED) is 0.756. The second kappa shape index (κ2) is 4.72. The van der Waals surface area contributed by atoms with Crippen molar-refractivity contribution in [2.24, 2.45) is 11.5 Å². The van der Waals surface area contributed by atoms with Crippen LogP contribution in [0.3, 0.4) is 0 Å². The molecule has 80 valence electrons. The number of nitrogens with two attached hydrogens (primary N) is 2. The lowest BCUT2D eigenvalue weighted by atomic mass is 10.1. The molecule has 5 nitrogen and oxygen atoms in total. The Balaban J connectivity index is 0.000000980. The first-order valence-electron chi connectivity index (χ1n) is 4.57. The van der Waals surface area contributed by atoms with Gasteiger partial charge >= 0.3 is 0 Å². The molecule has 1 saturated carbocycles. The molecular formula is C8H15ClN4O. The summed E-state index contributed by atoms with van der Waals surface area (Å²) in [4.78, 5) is 4.19. The summed E-state index contributed by atoms with van der Waals surface area (Å²) in [6.07, 6.45) is 3.05. The number of nitrogens with zero attached hydrogens (tertiary/aromatic N) is 2. The van der Waals surface area contributed by atoms with Crippen molar-refractivity contribution in [3.05, 3.63) is 11.7 Å². The molecule has 0 spiro atoms. The Morgan fingerprint density at radius 2 is 2.21 bits per heavy atom. The predicted octanol–water partition coefficient (Wildman–Crippen LogP) is 0.545. The van der Waals surface area contributed by atoms with E-state index < -0.39 is 0 Å². The van der Waals surface area contributed by atoms with Crippen LogP contribution in [0, 0.1) is 0 Å². The smallest absolute Gasteiger partial charge is 0.229 e. The van der Waals surface area contributed by atoms with Gasteiger partial charge in [-0.15, -0.1) is 12.4 Å². The van der Waals surface area contributed by atoms with Crippen molar-refractivity contribution in [1.29, 1.82) is 0 Å². The monoisotopic (exact) mass is 218 g/mol. The molecule has 2 atom stereocenters. The normalized spacial score (nSPS) is 26.1. The highest BCUT2D eigenvalue weighted by Crippen LogP contribution is 2.32. The molecule has 0 aliphatic heterocycles. The topological polar surface area (TPSA) is 91.0 Å². The zero-order chi connectivity index (χ0) is 9.26. The molecule has 1 aromatic heterocycles. The van der Waals surface area contributed by atoms with Gasteiger partial charge < -0.3 is 16.0 Å². The number of rotatable bonds is 2. The van der Waals surface area contributed by atoms with Crippen LogP contribution in [0.2, 0.25) is 0 Å². The molecule has 0 aromatic carbocycles. The van der Waals surface area contributed by atoms with E-state index in [1.54, 1.807) is 0 Å². The number of aromatic nitrogens is 2. The van der Waals surface area contributed by atoms with Gasteiger partial charge in [0.2, 0.25) is 5.89 Å². The average Bonchev–Trinajstić information content (AvgIpc) is 2.71. The third-order valence-electron chi connectivity index (χ3n) is 2.49. The number of hydrogen-bond acceptors (Lipinski definition) is 5. The van der Waals surface area contributed by atoms with Crippen LogP contribution in [0.5, 0.6) is 0 Å². The van der Waals surface area contributed by atoms with Gasteiger partial charge in [-0.2, -0.15) is 4.98 Å². The van der Waals surface area contributed by atoms with Crippen LogP contribution in [0.15, 0.2) is 4.52 Å². The molecule has 1 aromatic rings. The first-order valence-corrected chi connectivity index (χ1v) is 4.57. The van der Waals surface area contributed by atoms with E-state index >= 15 is 0 Å². The highest BCUT2D eigenvalue weighted by atomic mass is 35.5. The van der Waals surface area contributed by atoms with Crippen LogP contribution in [0.1, 0.15) is 36.9 Å². The zero-order valence-electron chi connectivity index (χ0n) is 7.85. The first-order chi connectivity index (χ1) is 6.29. The maximum absolute atomic E-state index is 5.79. The van der Waals surface area contributed by atoms with E-state index in [1.165, 1.54) is 0 Å². The van der Waals surface area contributed by atoms with Gasteiger partial charge in [0.1, 0.15) is 0 Å². The largest absolute Gasteiger partial charge is 0.339 e. The van der Waals surface area contributed by atoms with Crippen LogP contribution >= 0.6 is 12.4 Å². The van der Waals surface area contributed by atoms with E-state index in [1.807, 2.05) is 0 Å². The summed E-state index contributed by atoms with van der Waals surface area (Å²) in [6.45, 7) is 0.336. The Morgan fingerprint density at radius 3 is 2.71 bits per heavy atom. The van der Waals surface area contributed by atoms with Gasteiger partial charge in [-0.3, -0.25) is 0 Å². The van der Waals surface area contributed by atoms with Crippen molar-refractivity contribution in [3.63, 3.8) is 0 Å². The van der Waals surface area contributed by atoms with Crippen LogP contribution in [0.25, 0.3) is 0 Å². The van der Waals surface area contributed by atoms with Crippen molar-refractivity contribution in [1.82, 2.24) is 10.1 Å². The molecule has 0 saturated heterocycles. The predicted molar refractivity (Wildman–Crippen MR) is 54.0 cm³/mol. The lowest BCUT2D eigenvalue weighted by Crippen LogP contribution is -2.14. The third kappa shape index (κ3) is 2.23. The van der Waals surface area contributed by atoms with E-state index in [2.05, 4.69) is 10.1 Å². The fraction of sp³-hybridized carbons (Fsp3) is 0.750. The minimum Gasteiger partial charge on any atom is -0.339 e.